The summed E-state index contributed by atoms with van der Waals surface area (Å²) >= 11 is 7.00. The van der Waals surface area contributed by atoms with Crippen molar-refractivity contribution in [3.8, 4) is 27.7 Å². The van der Waals surface area contributed by atoms with Crippen LogP contribution in [0.3, 0.4) is 0 Å². The minimum atomic E-state index is -0.0834. The van der Waals surface area contributed by atoms with Crippen LogP contribution in [0.4, 0.5) is 0 Å². The van der Waals surface area contributed by atoms with Gasteiger partial charge in [0.1, 0.15) is 23.9 Å². The molecule has 4 aromatic carbocycles. The molecule has 5 nitrogen and oxygen atoms in total. The van der Waals surface area contributed by atoms with E-state index in [1.54, 1.807) is 42.5 Å². The second-order valence-corrected chi connectivity index (χ2v) is 11.4. The van der Waals surface area contributed by atoms with E-state index in [0.717, 1.165) is 50.9 Å². The molecule has 0 spiro atoms. The monoisotopic (exact) mass is 621 g/mol. The van der Waals surface area contributed by atoms with Crippen LogP contribution < -0.4 is 4.74 Å². The van der Waals surface area contributed by atoms with Gasteiger partial charge in [-0.15, -0.1) is 23.7 Å². The molecule has 5 aromatic rings. The van der Waals surface area contributed by atoms with Gasteiger partial charge in [0, 0.05) is 37.7 Å². The van der Waals surface area contributed by atoms with Gasteiger partial charge >= 0.3 is 0 Å². The molecule has 0 radical (unpaired) electrons. The van der Waals surface area contributed by atoms with E-state index in [2.05, 4.69) is 4.90 Å². The molecule has 1 saturated heterocycles. The summed E-state index contributed by atoms with van der Waals surface area (Å²) in [7, 11) is 0. The van der Waals surface area contributed by atoms with Crippen LogP contribution in [0, 0.1) is 0 Å². The highest BCUT2D eigenvalue weighted by Crippen LogP contribution is 2.41. The van der Waals surface area contributed by atoms with Crippen molar-refractivity contribution in [2.24, 2.45) is 0 Å². The molecule has 2 heterocycles. The van der Waals surface area contributed by atoms with Gasteiger partial charge in [0.15, 0.2) is 5.78 Å². The Hall–Kier alpha value is -3.55. The predicted octanol–water partition coefficient (Wildman–Crippen LogP) is 8.84. The number of phenols is 2. The van der Waals surface area contributed by atoms with E-state index in [-0.39, 0.29) is 29.7 Å². The molecule has 0 amide bonds. The lowest BCUT2D eigenvalue weighted by Crippen LogP contribution is -2.33. The van der Waals surface area contributed by atoms with E-state index in [1.807, 2.05) is 54.6 Å². The van der Waals surface area contributed by atoms with Crippen molar-refractivity contribution in [1.29, 1.82) is 0 Å². The highest BCUT2D eigenvalue weighted by Gasteiger charge is 2.22. The Morgan fingerprint density at radius 1 is 0.833 bits per heavy atom. The summed E-state index contributed by atoms with van der Waals surface area (Å²) in [4.78, 5) is 16.9. The van der Waals surface area contributed by atoms with Gasteiger partial charge in [-0.2, -0.15) is 0 Å². The van der Waals surface area contributed by atoms with Crippen molar-refractivity contribution in [3.63, 3.8) is 0 Å². The third-order valence-corrected chi connectivity index (χ3v) is 8.46. The molecule has 6 rings (SSSR count). The second kappa shape index (κ2) is 15.1. The lowest BCUT2D eigenvalue weighted by Gasteiger charge is -2.26. The number of hydrogen-bond acceptors (Lipinski definition) is 6. The third kappa shape index (κ3) is 8.05. The lowest BCUT2D eigenvalue weighted by molar-refractivity contribution is 0.104. The van der Waals surface area contributed by atoms with Crippen LogP contribution in [0.15, 0.2) is 97.1 Å². The number of thiophene rings is 1. The summed E-state index contributed by atoms with van der Waals surface area (Å²) in [5.41, 5.74) is 2.03. The molecule has 2 N–H and O–H groups in total. The van der Waals surface area contributed by atoms with E-state index in [1.165, 1.54) is 30.6 Å². The summed E-state index contributed by atoms with van der Waals surface area (Å²) in [6.45, 7) is 3.85. The van der Waals surface area contributed by atoms with Gasteiger partial charge in [0.25, 0.3) is 0 Å². The molecule has 1 fully saturated rings. The maximum absolute atomic E-state index is 13.6. The minimum Gasteiger partial charge on any atom is -0.508 e. The molecule has 0 unspecified atom stereocenters. The van der Waals surface area contributed by atoms with Gasteiger partial charge in [-0.1, -0.05) is 36.2 Å². The molecule has 0 atom stereocenters. The van der Waals surface area contributed by atoms with Crippen LogP contribution >= 0.6 is 35.3 Å². The number of fused-ring (bicyclic) bond motifs is 1. The number of aromatic hydroxyl groups is 2. The van der Waals surface area contributed by atoms with Crippen molar-refractivity contribution in [3.05, 3.63) is 113 Å². The van der Waals surface area contributed by atoms with Gasteiger partial charge in [-0.25, -0.2) is 0 Å². The summed E-state index contributed by atoms with van der Waals surface area (Å²) in [5.74, 6) is 1.01. The first-order valence-electron chi connectivity index (χ1n) is 13.7. The first kappa shape index (κ1) is 31.4. The number of nitrogens with zero attached hydrogens (tertiary/aromatic N) is 1. The number of carbonyl (C=O) groups is 1. The molecule has 0 saturated carbocycles. The number of benzene rings is 4. The fraction of sp³-hybridized carbons (Fsp3) is 0.206. The average molecular weight is 623 g/mol. The summed E-state index contributed by atoms with van der Waals surface area (Å²) in [6, 6.07) is 28.7. The summed E-state index contributed by atoms with van der Waals surface area (Å²) in [6.07, 6.45) is 3.85. The second-order valence-electron chi connectivity index (χ2n) is 9.93. The first-order valence-corrected chi connectivity index (χ1v) is 14.9. The maximum atomic E-state index is 13.6. The van der Waals surface area contributed by atoms with Gasteiger partial charge in [0.2, 0.25) is 0 Å². The van der Waals surface area contributed by atoms with E-state index in [0.29, 0.717) is 17.7 Å². The number of ketones is 1. The minimum absolute atomic E-state index is 0. The number of halogens is 2. The van der Waals surface area contributed by atoms with E-state index >= 15 is 0 Å². The number of carbonyl (C=O) groups excluding carboxylic acids is 1. The molecule has 1 aromatic heterocycles. The number of ether oxygens (including phenoxy) is 1. The molecular weight excluding hydrogens is 589 g/mol. The largest absolute Gasteiger partial charge is 0.508 e. The van der Waals surface area contributed by atoms with Gasteiger partial charge in [0.05, 0.1) is 0 Å². The molecule has 0 bridgehead atoms. The Morgan fingerprint density at radius 3 is 2.14 bits per heavy atom. The Kier molecular flexibility index (Phi) is 11.3. The SMILES string of the molecule is Cl.Clc1ccccc1.O=C(c1ccc(OCCN2CCCCC2)cc1)c1c(-c2ccc(O)cc2)sc2cc(O)ccc12. The fourth-order valence-electron chi connectivity index (χ4n) is 4.86. The third-order valence-electron chi connectivity index (χ3n) is 7.00. The van der Waals surface area contributed by atoms with Gasteiger partial charge in [-0.3, -0.25) is 9.69 Å². The predicted molar refractivity (Wildman–Crippen MR) is 175 cm³/mol. The van der Waals surface area contributed by atoms with Gasteiger partial charge < -0.3 is 14.9 Å². The fourth-order valence-corrected chi connectivity index (χ4v) is 6.25. The molecule has 1 aliphatic heterocycles. The van der Waals surface area contributed by atoms with Crippen molar-refractivity contribution < 1.29 is 19.7 Å². The van der Waals surface area contributed by atoms with E-state index < -0.39 is 0 Å². The Bertz CT molecular complexity index is 1580. The summed E-state index contributed by atoms with van der Waals surface area (Å²) < 4.78 is 6.76. The molecule has 42 heavy (non-hydrogen) atoms. The zero-order chi connectivity index (χ0) is 28.6. The zero-order valence-corrected chi connectivity index (χ0v) is 25.4. The van der Waals surface area contributed by atoms with Crippen LogP contribution in [-0.2, 0) is 0 Å². The Balaban J connectivity index is 0.000000445. The zero-order valence-electron chi connectivity index (χ0n) is 23.0. The van der Waals surface area contributed by atoms with E-state index in [9.17, 15) is 15.0 Å². The molecule has 0 aliphatic carbocycles. The average Bonchev–Trinajstić information content (AvgIpc) is 3.37. The lowest BCUT2D eigenvalue weighted by atomic mass is 9.97. The van der Waals surface area contributed by atoms with Crippen LogP contribution in [0.5, 0.6) is 17.2 Å². The van der Waals surface area contributed by atoms with Crippen LogP contribution in [0.1, 0.15) is 35.2 Å². The standard InChI is InChI=1S/C28H27NO4S.C6H5Cl.ClH/c30-21-8-4-20(5-9-21)28-26(24-13-10-22(31)18-25(24)34-28)27(32)19-6-11-23(12-7-19)33-17-16-29-14-2-1-3-15-29;7-6-4-2-1-3-5-6;/h4-13,18,30-31H,1-3,14-17H2;1-5H;1H. The number of likely N-dealkylation sites (tertiary alicyclic amines) is 1. The number of hydrogen-bond donors (Lipinski definition) is 2. The smallest absolute Gasteiger partial charge is 0.195 e. The first-order chi connectivity index (χ1) is 20.0. The quantitative estimate of drug-likeness (QED) is 0.178. The topological polar surface area (TPSA) is 70.0 Å². The highest BCUT2D eigenvalue weighted by atomic mass is 35.5. The van der Waals surface area contributed by atoms with Crippen molar-refractivity contribution in [2.45, 2.75) is 19.3 Å². The Morgan fingerprint density at radius 2 is 1.50 bits per heavy atom. The molecule has 1 aliphatic rings. The maximum Gasteiger partial charge on any atom is 0.195 e. The van der Waals surface area contributed by atoms with Crippen molar-refractivity contribution >= 4 is 51.2 Å². The molecular formula is C34H33Cl2NO4S. The molecule has 218 valence electrons. The van der Waals surface area contributed by atoms with Crippen molar-refractivity contribution in [1.82, 2.24) is 4.90 Å². The van der Waals surface area contributed by atoms with E-state index in [4.69, 9.17) is 16.3 Å². The van der Waals surface area contributed by atoms with Crippen LogP contribution in [-0.4, -0.2) is 47.1 Å². The molecule has 8 heteroatoms. The number of piperidine rings is 1. The van der Waals surface area contributed by atoms with Gasteiger partial charge in [-0.05, 0) is 110 Å². The number of rotatable bonds is 7. The van der Waals surface area contributed by atoms with Crippen molar-refractivity contribution in [2.75, 3.05) is 26.2 Å². The normalized spacial score (nSPS) is 13.1. The Labute approximate surface area is 261 Å². The number of phenolic OH excluding ortho intramolecular Hbond substituents is 2. The van der Waals surface area contributed by atoms with Crippen LogP contribution in [0.25, 0.3) is 20.5 Å². The van der Waals surface area contributed by atoms with Crippen LogP contribution in [0.2, 0.25) is 5.02 Å². The summed E-state index contributed by atoms with van der Waals surface area (Å²) in [5, 5.41) is 21.2. The highest BCUT2D eigenvalue weighted by molar-refractivity contribution is 7.22.